The van der Waals surface area contributed by atoms with Crippen LogP contribution in [0.25, 0.3) is 0 Å². The molecule has 7 nitrogen and oxygen atoms in total. The Kier molecular flexibility index (Phi) is 3.95. The molecule has 3 rings (SSSR count). The summed E-state index contributed by atoms with van der Waals surface area (Å²) in [5.74, 6) is 1.56. The van der Waals surface area contributed by atoms with E-state index in [1.165, 1.54) is 0 Å². The van der Waals surface area contributed by atoms with Crippen LogP contribution in [0, 0.1) is 12.8 Å². The average Bonchev–Trinajstić information content (AvgIpc) is 2.98. The Hall–Kier alpha value is -2.57. The van der Waals surface area contributed by atoms with E-state index in [2.05, 4.69) is 20.3 Å². The van der Waals surface area contributed by atoms with Gasteiger partial charge in [0.05, 0.1) is 13.7 Å². The number of ether oxygens (including phenoxy) is 2. The van der Waals surface area contributed by atoms with Crippen molar-refractivity contribution < 1.29 is 18.9 Å². The molecule has 1 aliphatic heterocycles. The molecule has 1 aromatic carbocycles. The number of rotatable bonds is 4. The Balaban J connectivity index is 1.59. The highest BCUT2D eigenvalue weighted by Gasteiger charge is 2.22. The molecule has 1 N–H and O–H groups in total. The van der Waals surface area contributed by atoms with Crippen LogP contribution >= 0.6 is 0 Å². The van der Waals surface area contributed by atoms with Crippen LogP contribution in [0.2, 0.25) is 0 Å². The molecule has 116 valence electrons. The number of nitrogens with one attached hydrogen (secondary N) is 1. The van der Waals surface area contributed by atoms with E-state index < -0.39 is 0 Å². The minimum absolute atomic E-state index is 0.213. The third-order valence-electron chi connectivity index (χ3n) is 3.68. The van der Waals surface area contributed by atoms with E-state index in [4.69, 9.17) is 9.47 Å². The number of aromatic nitrogens is 2. The molecule has 7 heteroatoms. The van der Waals surface area contributed by atoms with E-state index >= 15 is 0 Å². The van der Waals surface area contributed by atoms with Gasteiger partial charge in [-0.15, -0.1) is 0 Å². The van der Waals surface area contributed by atoms with Gasteiger partial charge in [-0.1, -0.05) is 11.2 Å². The van der Waals surface area contributed by atoms with Crippen molar-refractivity contribution in [1.82, 2.24) is 15.6 Å². The van der Waals surface area contributed by atoms with Crippen LogP contribution in [0.1, 0.15) is 21.7 Å². The maximum absolute atomic E-state index is 12.0. The van der Waals surface area contributed by atoms with Gasteiger partial charge in [0.25, 0.3) is 5.91 Å². The van der Waals surface area contributed by atoms with E-state index in [9.17, 15) is 4.79 Å². The van der Waals surface area contributed by atoms with Crippen molar-refractivity contribution >= 4 is 5.91 Å². The molecule has 0 spiro atoms. The third kappa shape index (κ3) is 2.88. The molecule has 0 radical (unpaired) electrons. The standard InChI is InChI=1S/C15H17N3O4/c1-9-14(18-22-17-9)15(19)16-7-10-5-11-3-4-12(20-2)6-13(11)21-8-10/h3-4,6,10H,5,7-8H2,1-2H3,(H,16,19). The molecule has 1 unspecified atom stereocenters. The number of nitrogens with zero attached hydrogens (tertiary/aromatic N) is 2. The van der Waals surface area contributed by atoms with Crippen molar-refractivity contribution in [1.29, 1.82) is 0 Å². The second kappa shape index (κ2) is 6.05. The van der Waals surface area contributed by atoms with Gasteiger partial charge in [-0.3, -0.25) is 4.79 Å². The molecule has 2 aromatic rings. The number of aryl methyl sites for hydroxylation is 1. The summed E-state index contributed by atoms with van der Waals surface area (Å²) in [6.07, 6.45) is 0.843. The SMILES string of the molecule is COc1ccc2c(c1)OCC(CNC(=O)c1nonc1C)C2. The maximum atomic E-state index is 12.0. The predicted molar refractivity (Wildman–Crippen MR) is 77.1 cm³/mol. The van der Waals surface area contributed by atoms with Gasteiger partial charge < -0.3 is 14.8 Å². The largest absolute Gasteiger partial charge is 0.497 e. The summed E-state index contributed by atoms with van der Waals surface area (Å²) in [7, 11) is 1.63. The summed E-state index contributed by atoms with van der Waals surface area (Å²) >= 11 is 0. The van der Waals surface area contributed by atoms with Crippen LogP contribution in [0.5, 0.6) is 11.5 Å². The van der Waals surface area contributed by atoms with Gasteiger partial charge in [0, 0.05) is 18.5 Å². The van der Waals surface area contributed by atoms with Crippen molar-refractivity contribution in [2.24, 2.45) is 5.92 Å². The second-order valence-corrected chi connectivity index (χ2v) is 5.26. The van der Waals surface area contributed by atoms with Crippen LogP contribution in [-0.4, -0.2) is 36.5 Å². The van der Waals surface area contributed by atoms with Crippen LogP contribution in [0.4, 0.5) is 0 Å². The minimum Gasteiger partial charge on any atom is -0.497 e. The van der Waals surface area contributed by atoms with E-state index in [1.54, 1.807) is 14.0 Å². The number of amides is 1. The van der Waals surface area contributed by atoms with E-state index in [-0.39, 0.29) is 17.5 Å². The first-order chi connectivity index (χ1) is 10.7. The number of hydrogen-bond acceptors (Lipinski definition) is 6. The lowest BCUT2D eigenvalue weighted by Gasteiger charge is -2.25. The second-order valence-electron chi connectivity index (χ2n) is 5.26. The molecule has 0 saturated carbocycles. The summed E-state index contributed by atoms with van der Waals surface area (Å²) in [6.45, 7) is 2.74. The molecular formula is C15H17N3O4. The summed E-state index contributed by atoms with van der Waals surface area (Å²) < 4.78 is 15.5. The number of carbonyl (C=O) groups excluding carboxylic acids is 1. The molecule has 1 atom stereocenters. The monoisotopic (exact) mass is 303 g/mol. The van der Waals surface area contributed by atoms with Gasteiger partial charge in [0.2, 0.25) is 0 Å². The van der Waals surface area contributed by atoms with E-state index in [1.807, 2.05) is 18.2 Å². The highest BCUT2D eigenvalue weighted by atomic mass is 16.6. The van der Waals surface area contributed by atoms with Gasteiger partial charge in [-0.05, 0) is 30.1 Å². The lowest BCUT2D eigenvalue weighted by atomic mass is 9.96. The zero-order valence-corrected chi connectivity index (χ0v) is 12.5. The van der Waals surface area contributed by atoms with Crippen LogP contribution in [-0.2, 0) is 6.42 Å². The quantitative estimate of drug-likeness (QED) is 0.918. The Morgan fingerprint density at radius 1 is 1.45 bits per heavy atom. The summed E-state index contributed by atoms with van der Waals surface area (Å²) in [6, 6.07) is 5.79. The molecule has 1 amide bonds. The lowest BCUT2D eigenvalue weighted by Crippen LogP contribution is -2.35. The van der Waals surface area contributed by atoms with Gasteiger partial charge >= 0.3 is 0 Å². The van der Waals surface area contributed by atoms with E-state index in [0.29, 0.717) is 18.8 Å². The van der Waals surface area contributed by atoms with Crippen molar-refractivity contribution in [3.05, 3.63) is 35.2 Å². The smallest absolute Gasteiger partial charge is 0.275 e. The van der Waals surface area contributed by atoms with E-state index in [0.717, 1.165) is 23.5 Å². The summed E-state index contributed by atoms with van der Waals surface area (Å²) in [5, 5.41) is 10.0. The summed E-state index contributed by atoms with van der Waals surface area (Å²) in [5.41, 5.74) is 1.82. The number of benzene rings is 1. The molecule has 22 heavy (non-hydrogen) atoms. The van der Waals surface area contributed by atoms with Crippen molar-refractivity contribution in [3.8, 4) is 11.5 Å². The zero-order chi connectivity index (χ0) is 15.5. The first kappa shape index (κ1) is 14.4. The Bertz CT molecular complexity index is 683. The molecular weight excluding hydrogens is 286 g/mol. The minimum atomic E-state index is -0.278. The predicted octanol–water partition coefficient (Wildman–Crippen LogP) is 1.37. The first-order valence-electron chi connectivity index (χ1n) is 7.04. The van der Waals surface area contributed by atoms with Crippen molar-refractivity contribution in [2.75, 3.05) is 20.3 Å². The number of hydrogen-bond donors (Lipinski definition) is 1. The van der Waals surface area contributed by atoms with Crippen molar-refractivity contribution in [2.45, 2.75) is 13.3 Å². The molecule has 1 aliphatic rings. The Morgan fingerprint density at radius 3 is 3.05 bits per heavy atom. The van der Waals surface area contributed by atoms with Gasteiger partial charge in [0.1, 0.15) is 17.2 Å². The number of methoxy groups -OCH3 is 1. The van der Waals surface area contributed by atoms with Gasteiger partial charge in [-0.25, -0.2) is 4.63 Å². The fourth-order valence-corrected chi connectivity index (χ4v) is 2.43. The van der Waals surface area contributed by atoms with Crippen molar-refractivity contribution in [3.63, 3.8) is 0 Å². The molecule has 0 fully saturated rings. The number of fused-ring (bicyclic) bond motifs is 1. The third-order valence-corrected chi connectivity index (χ3v) is 3.68. The highest BCUT2D eigenvalue weighted by Crippen LogP contribution is 2.30. The highest BCUT2D eigenvalue weighted by molar-refractivity contribution is 5.92. The Morgan fingerprint density at radius 2 is 2.32 bits per heavy atom. The zero-order valence-electron chi connectivity index (χ0n) is 12.5. The molecule has 2 heterocycles. The molecule has 0 bridgehead atoms. The fraction of sp³-hybridized carbons (Fsp3) is 0.400. The van der Waals surface area contributed by atoms with Gasteiger partial charge in [-0.2, -0.15) is 0 Å². The average molecular weight is 303 g/mol. The van der Waals surface area contributed by atoms with Crippen LogP contribution < -0.4 is 14.8 Å². The van der Waals surface area contributed by atoms with Gasteiger partial charge in [0.15, 0.2) is 5.69 Å². The fourth-order valence-electron chi connectivity index (χ4n) is 2.43. The lowest BCUT2D eigenvalue weighted by molar-refractivity contribution is 0.0929. The number of carbonyl (C=O) groups is 1. The Labute approximate surface area is 127 Å². The van der Waals surface area contributed by atoms with Crippen LogP contribution in [0.15, 0.2) is 22.8 Å². The molecule has 1 aromatic heterocycles. The maximum Gasteiger partial charge on any atom is 0.275 e. The topological polar surface area (TPSA) is 86.5 Å². The normalized spacial score (nSPS) is 16.5. The summed E-state index contributed by atoms with van der Waals surface area (Å²) in [4.78, 5) is 12.0. The first-order valence-corrected chi connectivity index (χ1v) is 7.04. The van der Waals surface area contributed by atoms with Crippen LogP contribution in [0.3, 0.4) is 0 Å². The molecule has 0 aliphatic carbocycles. The molecule has 0 saturated heterocycles.